The number of fused-ring (bicyclic) bond motifs is 2. The number of benzene rings is 5. The summed E-state index contributed by atoms with van der Waals surface area (Å²) in [6.07, 6.45) is 2.77. The van der Waals surface area contributed by atoms with Gasteiger partial charge in [-0.05, 0) is 140 Å². The van der Waals surface area contributed by atoms with Crippen LogP contribution >= 0.6 is 0 Å². The highest BCUT2D eigenvalue weighted by Crippen LogP contribution is 2.43. The van der Waals surface area contributed by atoms with E-state index < -0.39 is 40.5 Å². The average Bonchev–Trinajstić information content (AvgIpc) is 3.28. The van der Waals surface area contributed by atoms with E-state index >= 15 is 0 Å². The molecule has 5 aromatic carbocycles. The van der Waals surface area contributed by atoms with Crippen molar-refractivity contribution in [2.45, 2.75) is 153 Å². The summed E-state index contributed by atoms with van der Waals surface area (Å²) in [6, 6.07) is 24.0. The maximum absolute atomic E-state index is 13.9. The minimum Gasteiger partial charge on any atom is -0.456 e. The zero-order valence-electron chi connectivity index (χ0n) is 46.0. The number of hydrogen-bond donors (Lipinski definition) is 3. The Labute approximate surface area is 448 Å². The molecule has 0 saturated heterocycles. The first-order valence-electron chi connectivity index (χ1n) is 25.2. The molecule has 6 rings (SSSR count). The molecule has 0 aromatic heterocycles. The first kappa shape index (κ1) is 59.7. The Morgan fingerprint density at radius 2 is 1.26 bits per heavy atom. The van der Waals surface area contributed by atoms with E-state index in [0.29, 0.717) is 40.2 Å². The fourth-order valence-corrected chi connectivity index (χ4v) is 13.0. The molecule has 0 radical (unpaired) electrons. The van der Waals surface area contributed by atoms with E-state index in [9.17, 15) is 43.2 Å². The third-order valence-electron chi connectivity index (χ3n) is 13.3. The number of carbonyl (C=O) groups excluding carboxylic acids is 1. The van der Waals surface area contributed by atoms with Gasteiger partial charge in [0.2, 0.25) is 15.9 Å². The number of carbonyl (C=O) groups is 1. The summed E-state index contributed by atoms with van der Waals surface area (Å²) in [6.45, 7) is 33.1. The lowest BCUT2D eigenvalue weighted by Crippen LogP contribution is -2.40. The van der Waals surface area contributed by atoms with Crippen molar-refractivity contribution in [1.82, 2.24) is 14.2 Å². The van der Waals surface area contributed by atoms with Crippen LogP contribution in [0.25, 0.3) is 11.6 Å². The van der Waals surface area contributed by atoms with Gasteiger partial charge >= 0.3 is 15.5 Å². The summed E-state index contributed by atoms with van der Waals surface area (Å²) in [4.78, 5) is 11.3. The molecule has 3 N–H and O–H groups in total. The van der Waals surface area contributed by atoms with E-state index in [-0.39, 0.29) is 68.9 Å². The van der Waals surface area contributed by atoms with Gasteiger partial charge in [0.15, 0.2) is 0 Å². The molecule has 1 amide bonds. The molecule has 76 heavy (non-hydrogen) atoms. The fourth-order valence-electron chi connectivity index (χ4n) is 9.27. The Bertz CT molecular complexity index is 3520. The number of ether oxygens (including phenoxy) is 1. The van der Waals surface area contributed by atoms with Gasteiger partial charge < -0.3 is 10.1 Å². The highest BCUT2D eigenvalue weighted by atomic mass is 32.3. The van der Waals surface area contributed by atoms with Gasteiger partial charge in [0.05, 0.1) is 9.79 Å². The number of amides is 1. The van der Waals surface area contributed by atoms with Gasteiger partial charge in [-0.1, -0.05) is 149 Å². The Morgan fingerprint density at radius 3 is 1.79 bits per heavy atom. The molecule has 11 nitrogen and oxygen atoms in total. The summed E-state index contributed by atoms with van der Waals surface area (Å²) in [5.74, 6) is -0.00397. The Balaban J connectivity index is 1.58. The topological polar surface area (TPSA) is 165 Å². The van der Waals surface area contributed by atoms with Crippen molar-refractivity contribution in [3.8, 4) is 11.5 Å². The van der Waals surface area contributed by atoms with Gasteiger partial charge in [-0.2, -0.15) is 13.2 Å². The average molecular weight is 1100 g/mol. The molecule has 1 heterocycles. The van der Waals surface area contributed by atoms with Crippen LogP contribution in [0.1, 0.15) is 171 Å². The predicted octanol–water partition coefficient (Wildman–Crippen LogP) is 11.1. The van der Waals surface area contributed by atoms with Crippen LogP contribution in [0.15, 0.2) is 107 Å². The lowest BCUT2D eigenvalue weighted by molar-refractivity contribution is -0.117. The Hall–Kier alpha value is -5.59. The van der Waals surface area contributed by atoms with Crippen LogP contribution in [0.4, 0.5) is 13.2 Å². The molecule has 1 aliphatic heterocycles. The van der Waals surface area contributed by atoms with Crippen LogP contribution in [0.3, 0.4) is 0 Å². The molecule has 0 atom stereocenters. The van der Waals surface area contributed by atoms with Crippen LogP contribution in [0.2, 0.25) is 0 Å². The molecule has 5 aromatic rings. The summed E-state index contributed by atoms with van der Waals surface area (Å²) < 4.78 is 132. The van der Waals surface area contributed by atoms with Crippen molar-refractivity contribution in [2.75, 3.05) is 13.1 Å². The second kappa shape index (κ2) is 21.7. The zero-order valence-corrected chi connectivity index (χ0v) is 48.4. The Kier molecular flexibility index (Phi) is 17.0. The number of halogens is 3. The first-order valence-corrected chi connectivity index (χ1v) is 29.7. The first-order chi connectivity index (χ1) is 34.8. The molecule has 0 bridgehead atoms. The molecule has 0 aliphatic carbocycles. The van der Waals surface area contributed by atoms with Gasteiger partial charge in [0.25, 0.3) is 10.0 Å². The number of nitrogens with one attached hydrogen (secondary N) is 3. The number of alkyl halides is 3. The van der Waals surface area contributed by atoms with E-state index in [4.69, 9.17) is 4.74 Å². The summed E-state index contributed by atoms with van der Waals surface area (Å²) in [7, 11) is -15.7. The standard InChI is InChI=1S/C59H72F3N3O8S3/c1-35(2)45-33-41(74(67,68)64-26-18-25-63-55(66)37(5)6)34-46(36(3)4)47(45)27-38-21-23-42-51(29-38)73-52-30-39(28-48-49(57(10,11)12)31-40(56(7,8)9)32-50(48)58(13,14)15)22-24-43(52)54(42)44-19-16-17-20-53(44)75(69,70)65-76(71,72)59(60,61)62/h16-17,19-24,27,29-36,64-65H,5,18,25-26,28H2,1-4,6-15H3,(H,63,66)/b38-27+. The van der Waals surface area contributed by atoms with E-state index in [1.54, 1.807) is 43.3 Å². The van der Waals surface area contributed by atoms with Gasteiger partial charge in [-0.15, -0.1) is 0 Å². The van der Waals surface area contributed by atoms with E-state index in [1.165, 1.54) is 34.9 Å². The molecule has 0 unspecified atom stereocenters. The van der Waals surface area contributed by atoms with Crippen LogP contribution < -0.4 is 29.3 Å². The largest absolute Gasteiger partial charge is 0.512 e. The molecule has 410 valence electrons. The molecule has 0 fully saturated rings. The highest BCUT2D eigenvalue weighted by Gasteiger charge is 2.49. The lowest BCUT2D eigenvalue weighted by Gasteiger charge is -2.34. The molecular formula is C59H72F3N3O8S3. The van der Waals surface area contributed by atoms with Crippen molar-refractivity contribution < 1.29 is 48.0 Å². The maximum atomic E-state index is 13.9. The summed E-state index contributed by atoms with van der Waals surface area (Å²) in [5.41, 5.74) is 2.29. The molecule has 0 saturated carbocycles. The maximum Gasteiger partial charge on any atom is 0.512 e. The van der Waals surface area contributed by atoms with Gasteiger partial charge in [-0.25, -0.2) is 30.0 Å². The van der Waals surface area contributed by atoms with Crippen molar-refractivity contribution >= 4 is 47.6 Å². The smallest absolute Gasteiger partial charge is 0.456 e. The van der Waals surface area contributed by atoms with Gasteiger partial charge in [-0.3, -0.25) is 4.79 Å². The Morgan fingerprint density at radius 1 is 0.684 bits per heavy atom. The van der Waals surface area contributed by atoms with E-state index in [2.05, 4.69) is 91.1 Å². The van der Waals surface area contributed by atoms with Gasteiger partial charge in [0, 0.05) is 40.6 Å². The number of rotatable bonds is 16. The van der Waals surface area contributed by atoms with Crippen molar-refractivity contribution in [1.29, 1.82) is 0 Å². The minimum absolute atomic E-state index is 0.0725. The number of sulfonamides is 3. The normalized spacial score (nSPS) is 13.9. The molecule has 0 spiro atoms. The predicted molar refractivity (Wildman–Crippen MR) is 297 cm³/mol. The van der Waals surface area contributed by atoms with Gasteiger partial charge in [0.1, 0.15) is 11.5 Å². The quantitative estimate of drug-likeness (QED) is 0.0637. The van der Waals surface area contributed by atoms with Crippen LogP contribution in [0, 0.1) is 0 Å². The summed E-state index contributed by atoms with van der Waals surface area (Å²) >= 11 is 0. The van der Waals surface area contributed by atoms with E-state index in [1.807, 2.05) is 45.9 Å². The van der Waals surface area contributed by atoms with Crippen molar-refractivity contribution in [2.24, 2.45) is 0 Å². The third kappa shape index (κ3) is 13.2. The number of hydrogen-bond acceptors (Lipinski definition) is 8. The van der Waals surface area contributed by atoms with E-state index in [0.717, 1.165) is 38.0 Å². The monoisotopic (exact) mass is 1100 g/mol. The second-order valence-electron chi connectivity index (χ2n) is 23.3. The molecular weight excluding hydrogens is 1030 g/mol. The van der Waals surface area contributed by atoms with Crippen LogP contribution in [-0.2, 0) is 57.5 Å². The fraction of sp³-hybridized carbons (Fsp3) is 0.407. The zero-order chi connectivity index (χ0) is 56.9. The van der Waals surface area contributed by atoms with Crippen molar-refractivity contribution in [3.05, 3.63) is 163 Å². The van der Waals surface area contributed by atoms with Crippen molar-refractivity contribution in [3.63, 3.8) is 0 Å². The molecule has 1 aliphatic rings. The second-order valence-corrected chi connectivity index (χ2v) is 28.7. The third-order valence-corrected chi connectivity index (χ3v) is 18.0. The molecule has 17 heteroatoms. The highest BCUT2D eigenvalue weighted by molar-refractivity contribution is 8.05. The van der Waals surface area contributed by atoms with Crippen LogP contribution in [0.5, 0.6) is 11.5 Å². The SMILES string of the molecule is C=C(C)C(=O)NCCCNS(=O)(=O)c1cc(C(C)C)c(/C=c2\ccc3c(c2)Oc2cc(Cc4c(C(C)(C)C)cc(C(C)(C)C)cc4C(C)(C)C)ccc2C=3c2ccccc2S(=O)(=O)NS(=O)(=O)C(F)(F)F)c(C(C)C)c1. The lowest BCUT2D eigenvalue weighted by atomic mass is 9.71. The summed E-state index contributed by atoms with van der Waals surface area (Å²) in [5, 5.41) is 3.71. The van der Waals surface area contributed by atoms with Crippen LogP contribution in [-0.4, -0.2) is 49.8 Å². The minimum atomic E-state index is -6.35.